The lowest BCUT2D eigenvalue weighted by Crippen LogP contribution is -2.27. The molecule has 6 heteroatoms. The summed E-state index contributed by atoms with van der Waals surface area (Å²) in [6.07, 6.45) is 1.67. The van der Waals surface area contributed by atoms with Crippen molar-refractivity contribution in [2.45, 2.75) is 13.5 Å². The van der Waals surface area contributed by atoms with Gasteiger partial charge in [-0.15, -0.1) is 0 Å². The van der Waals surface area contributed by atoms with E-state index >= 15 is 0 Å². The zero-order valence-electron chi connectivity index (χ0n) is 14.8. The Kier molecular flexibility index (Phi) is 5.32. The lowest BCUT2D eigenvalue weighted by atomic mass is 10.1. The van der Waals surface area contributed by atoms with Crippen LogP contribution in [0.2, 0.25) is 0 Å². The van der Waals surface area contributed by atoms with Crippen LogP contribution in [0.4, 0.5) is 4.79 Å². The number of methoxy groups -OCH3 is 2. The highest BCUT2D eigenvalue weighted by Gasteiger charge is 2.35. The lowest BCUT2D eigenvalue weighted by Gasteiger charge is -2.13. The Bertz CT molecular complexity index is 874. The molecule has 0 saturated carbocycles. The number of carbonyl (C=O) groups is 2. The number of benzene rings is 2. The number of para-hydroxylation sites is 1. The van der Waals surface area contributed by atoms with Gasteiger partial charge in [-0.25, -0.2) is 0 Å². The van der Waals surface area contributed by atoms with Crippen molar-refractivity contribution in [3.8, 4) is 11.5 Å². The SMILES string of the molecule is COc1cccc(/C=C2\SC(=O)N(Cc3ccc(C)cc3)C2=O)c1OC. The summed E-state index contributed by atoms with van der Waals surface area (Å²) in [7, 11) is 3.09. The first-order valence-electron chi connectivity index (χ1n) is 8.05. The molecule has 1 aliphatic rings. The molecular weight excluding hydrogens is 350 g/mol. The molecule has 1 heterocycles. The summed E-state index contributed by atoms with van der Waals surface area (Å²) in [5.74, 6) is 0.797. The van der Waals surface area contributed by atoms with Crippen LogP contribution in [0, 0.1) is 6.92 Å². The van der Waals surface area contributed by atoms with Gasteiger partial charge in [-0.2, -0.15) is 0 Å². The molecule has 5 nitrogen and oxygen atoms in total. The second-order valence-corrected chi connectivity index (χ2v) is 6.83. The molecule has 0 radical (unpaired) electrons. The second-order valence-electron chi connectivity index (χ2n) is 5.84. The van der Waals surface area contributed by atoms with Crippen molar-refractivity contribution < 1.29 is 19.1 Å². The fraction of sp³-hybridized carbons (Fsp3) is 0.200. The molecular formula is C20H19NO4S. The third-order valence-electron chi connectivity index (χ3n) is 4.05. The third kappa shape index (κ3) is 3.60. The molecule has 2 aromatic rings. The Morgan fingerprint density at radius 1 is 1.04 bits per heavy atom. The van der Waals surface area contributed by atoms with Gasteiger partial charge in [0.15, 0.2) is 11.5 Å². The lowest BCUT2D eigenvalue weighted by molar-refractivity contribution is -0.123. The molecule has 0 aliphatic carbocycles. The minimum atomic E-state index is -0.301. The van der Waals surface area contributed by atoms with Gasteiger partial charge in [0.1, 0.15) is 0 Å². The number of rotatable bonds is 5. The van der Waals surface area contributed by atoms with Gasteiger partial charge in [0.2, 0.25) is 0 Å². The largest absolute Gasteiger partial charge is 0.493 e. The van der Waals surface area contributed by atoms with Crippen LogP contribution < -0.4 is 9.47 Å². The van der Waals surface area contributed by atoms with Crippen molar-refractivity contribution in [3.63, 3.8) is 0 Å². The van der Waals surface area contributed by atoms with E-state index in [2.05, 4.69) is 0 Å². The Morgan fingerprint density at radius 3 is 2.42 bits per heavy atom. The first-order valence-corrected chi connectivity index (χ1v) is 8.87. The second kappa shape index (κ2) is 7.66. The smallest absolute Gasteiger partial charge is 0.293 e. The summed E-state index contributed by atoms with van der Waals surface area (Å²) in [6.45, 7) is 2.26. The summed E-state index contributed by atoms with van der Waals surface area (Å²) in [5.41, 5.74) is 2.73. The topological polar surface area (TPSA) is 55.8 Å². The zero-order chi connectivity index (χ0) is 18.7. The molecule has 26 heavy (non-hydrogen) atoms. The van der Waals surface area contributed by atoms with E-state index in [1.807, 2.05) is 43.3 Å². The van der Waals surface area contributed by atoms with E-state index in [9.17, 15) is 9.59 Å². The highest BCUT2D eigenvalue weighted by Crippen LogP contribution is 2.37. The van der Waals surface area contributed by atoms with Gasteiger partial charge in [-0.1, -0.05) is 42.0 Å². The van der Waals surface area contributed by atoms with E-state index in [-0.39, 0.29) is 17.7 Å². The van der Waals surface area contributed by atoms with Crippen molar-refractivity contribution in [2.24, 2.45) is 0 Å². The van der Waals surface area contributed by atoms with Crippen molar-refractivity contribution in [1.82, 2.24) is 4.90 Å². The van der Waals surface area contributed by atoms with Gasteiger partial charge < -0.3 is 9.47 Å². The van der Waals surface area contributed by atoms with Crippen LogP contribution in [0.3, 0.4) is 0 Å². The van der Waals surface area contributed by atoms with Gasteiger partial charge in [0.25, 0.3) is 11.1 Å². The third-order valence-corrected chi connectivity index (χ3v) is 4.96. The molecule has 1 saturated heterocycles. The molecule has 2 aromatic carbocycles. The fourth-order valence-corrected chi connectivity index (χ4v) is 3.51. The summed E-state index contributed by atoms with van der Waals surface area (Å²) in [4.78, 5) is 26.6. The predicted octanol–water partition coefficient (Wildman–Crippen LogP) is 4.25. The number of carbonyl (C=O) groups excluding carboxylic acids is 2. The van der Waals surface area contributed by atoms with E-state index in [1.165, 1.54) is 4.90 Å². The fourth-order valence-electron chi connectivity index (χ4n) is 2.68. The van der Waals surface area contributed by atoms with Crippen molar-refractivity contribution in [1.29, 1.82) is 0 Å². The van der Waals surface area contributed by atoms with E-state index in [1.54, 1.807) is 26.4 Å². The Labute approximate surface area is 156 Å². The summed E-state index contributed by atoms with van der Waals surface area (Å²) in [6, 6.07) is 13.2. The van der Waals surface area contributed by atoms with E-state index in [0.717, 1.165) is 22.9 Å². The summed E-state index contributed by atoms with van der Waals surface area (Å²) >= 11 is 0.934. The Balaban J connectivity index is 1.87. The predicted molar refractivity (Wildman–Crippen MR) is 102 cm³/mol. The number of imide groups is 1. The average molecular weight is 369 g/mol. The number of aryl methyl sites for hydroxylation is 1. The van der Waals surface area contributed by atoms with Crippen molar-refractivity contribution >= 4 is 29.0 Å². The standard InChI is InChI=1S/C20H19NO4S/c1-13-7-9-14(10-8-13)12-21-19(22)17(26-20(21)23)11-15-5-4-6-16(24-2)18(15)25-3/h4-11H,12H2,1-3H3/b17-11-. The van der Waals surface area contributed by atoms with Crippen LogP contribution in [-0.4, -0.2) is 30.3 Å². The molecule has 1 aliphatic heterocycles. The first-order chi connectivity index (χ1) is 12.5. The molecule has 0 spiro atoms. The van der Waals surface area contributed by atoms with Gasteiger partial charge >= 0.3 is 0 Å². The number of amides is 2. The number of ether oxygens (including phenoxy) is 2. The van der Waals surface area contributed by atoms with Crippen LogP contribution in [-0.2, 0) is 11.3 Å². The molecule has 0 bridgehead atoms. The average Bonchev–Trinajstić information content (AvgIpc) is 2.90. The summed E-state index contributed by atoms with van der Waals surface area (Å²) < 4.78 is 10.7. The molecule has 0 unspecified atom stereocenters. The maximum absolute atomic E-state index is 12.7. The van der Waals surface area contributed by atoms with Crippen molar-refractivity contribution in [2.75, 3.05) is 14.2 Å². The maximum atomic E-state index is 12.7. The highest BCUT2D eigenvalue weighted by atomic mass is 32.2. The van der Waals surface area contributed by atoms with Gasteiger partial charge in [0, 0.05) is 5.56 Å². The summed E-state index contributed by atoms with van der Waals surface area (Å²) in [5, 5.41) is -0.274. The van der Waals surface area contributed by atoms with Gasteiger partial charge in [-0.3, -0.25) is 14.5 Å². The first kappa shape index (κ1) is 18.1. The minimum Gasteiger partial charge on any atom is -0.493 e. The molecule has 0 atom stereocenters. The van der Waals surface area contributed by atoms with Crippen LogP contribution in [0.5, 0.6) is 11.5 Å². The van der Waals surface area contributed by atoms with E-state index in [0.29, 0.717) is 22.0 Å². The highest BCUT2D eigenvalue weighted by molar-refractivity contribution is 8.18. The van der Waals surface area contributed by atoms with E-state index in [4.69, 9.17) is 9.47 Å². The maximum Gasteiger partial charge on any atom is 0.293 e. The van der Waals surface area contributed by atoms with Crippen molar-refractivity contribution in [3.05, 3.63) is 64.1 Å². The Morgan fingerprint density at radius 2 is 1.77 bits per heavy atom. The monoisotopic (exact) mass is 369 g/mol. The number of hydrogen-bond acceptors (Lipinski definition) is 5. The van der Waals surface area contributed by atoms with E-state index < -0.39 is 0 Å². The van der Waals surface area contributed by atoms with Crippen LogP contribution in [0.1, 0.15) is 16.7 Å². The van der Waals surface area contributed by atoms with Crippen LogP contribution in [0.15, 0.2) is 47.4 Å². The number of nitrogens with zero attached hydrogens (tertiary/aromatic N) is 1. The zero-order valence-corrected chi connectivity index (χ0v) is 15.6. The molecule has 2 amide bonds. The quantitative estimate of drug-likeness (QED) is 0.738. The number of hydrogen-bond donors (Lipinski definition) is 0. The molecule has 0 N–H and O–H groups in total. The number of thioether (sulfide) groups is 1. The normalized spacial score (nSPS) is 15.7. The van der Waals surface area contributed by atoms with Crippen LogP contribution >= 0.6 is 11.8 Å². The molecule has 3 rings (SSSR count). The van der Waals surface area contributed by atoms with Crippen LogP contribution in [0.25, 0.3) is 6.08 Å². The molecule has 134 valence electrons. The van der Waals surface area contributed by atoms with Gasteiger partial charge in [0.05, 0.1) is 25.7 Å². The van der Waals surface area contributed by atoms with Gasteiger partial charge in [-0.05, 0) is 36.4 Å². The minimum absolute atomic E-state index is 0.261. The molecule has 1 fully saturated rings. The Hall–Kier alpha value is -2.73. The molecule has 0 aromatic heterocycles.